The maximum absolute atomic E-state index is 11.9. The Morgan fingerprint density at radius 1 is 1.06 bits per heavy atom. The Balaban J connectivity index is 2.88. The van der Waals surface area contributed by atoms with Gasteiger partial charge in [0.15, 0.2) is 0 Å². The van der Waals surface area contributed by atoms with Gasteiger partial charge >= 0.3 is 0 Å². The lowest BCUT2D eigenvalue weighted by molar-refractivity contribution is 0.589. The SMILES string of the molecule is CN(c1ccc(N)cc1)S(=O)(=O)CCS(C)(=O)=O. The summed E-state index contributed by atoms with van der Waals surface area (Å²) < 4.78 is 46.8. The van der Waals surface area contributed by atoms with E-state index in [4.69, 9.17) is 5.73 Å². The molecular formula is C10H16N2O4S2. The molecule has 0 aliphatic rings. The predicted molar refractivity (Wildman–Crippen MR) is 72.8 cm³/mol. The Morgan fingerprint density at radius 2 is 1.56 bits per heavy atom. The molecule has 0 unspecified atom stereocenters. The summed E-state index contributed by atoms with van der Waals surface area (Å²) in [5.74, 6) is -0.832. The Labute approximate surface area is 107 Å². The molecule has 8 heteroatoms. The highest BCUT2D eigenvalue weighted by molar-refractivity contribution is 7.95. The highest BCUT2D eigenvalue weighted by atomic mass is 32.2. The zero-order chi connectivity index (χ0) is 14.0. The minimum Gasteiger partial charge on any atom is -0.399 e. The number of hydrogen-bond acceptors (Lipinski definition) is 5. The minimum absolute atomic E-state index is 0.394. The summed E-state index contributed by atoms with van der Waals surface area (Å²) in [5.41, 5.74) is 6.48. The van der Waals surface area contributed by atoms with Crippen molar-refractivity contribution in [1.82, 2.24) is 0 Å². The monoisotopic (exact) mass is 292 g/mol. The molecule has 0 fully saturated rings. The summed E-state index contributed by atoms with van der Waals surface area (Å²) in [6.07, 6.45) is 1.01. The molecule has 102 valence electrons. The standard InChI is InChI=1S/C10H16N2O4S2/c1-12(10-5-3-9(11)4-6-10)18(15,16)8-7-17(2,13)14/h3-6H,7-8,11H2,1-2H3. The summed E-state index contributed by atoms with van der Waals surface area (Å²) in [7, 11) is -5.57. The second-order valence-electron chi connectivity index (χ2n) is 4.00. The van der Waals surface area contributed by atoms with Gasteiger partial charge in [0.1, 0.15) is 9.84 Å². The van der Waals surface area contributed by atoms with Gasteiger partial charge in [-0.1, -0.05) is 0 Å². The van der Waals surface area contributed by atoms with Gasteiger partial charge in [0.2, 0.25) is 10.0 Å². The molecular weight excluding hydrogens is 276 g/mol. The van der Waals surface area contributed by atoms with Crippen molar-refractivity contribution in [2.24, 2.45) is 0 Å². The van der Waals surface area contributed by atoms with E-state index in [1.54, 1.807) is 24.3 Å². The number of nitrogens with zero attached hydrogens (tertiary/aromatic N) is 1. The molecule has 0 atom stereocenters. The number of nitrogens with two attached hydrogens (primary N) is 1. The van der Waals surface area contributed by atoms with E-state index >= 15 is 0 Å². The third-order valence-electron chi connectivity index (χ3n) is 2.39. The fraction of sp³-hybridized carbons (Fsp3) is 0.400. The van der Waals surface area contributed by atoms with Gasteiger partial charge in [0.05, 0.1) is 17.2 Å². The maximum atomic E-state index is 11.9. The number of sulfonamides is 1. The summed E-state index contributed by atoms with van der Waals surface area (Å²) in [5, 5.41) is 0. The van der Waals surface area contributed by atoms with E-state index in [1.165, 1.54) is 7.05 Å². The zero-order valence-corrected chi connectivity index (χ0v) is 11.8. The number of rotatable bonds is 5. The van der Waals surface area contributed by atoms with Crippen LogP contribution in [0.1, 0.15) is 0 Å². The first-order valence-corrected chi connectivity index (χ1v) is 8.79. The Bertz CT molecular complexity index is 606. The van der Waals surface area contributed by atoms with Crippen LogP contribution in [0.2, 0.25) is 0 Å². The zero-order valence-electron chi connectivity index (χ0n) is 10.2. The molecule has 0 aliphatic heterocycles. The van der Waals surface area contributed by atoms with Crippen molar-refractivity contribution in [2.45, 2.75) is 0 Å². The molecule has 1 aromatic carbocycles. The summed E-state index contributed by atoms with van der Waals surface area (Å²) in [6.45, 7) is 0. The fourth-order valence-electron chi connectivity index (χ4n) is 1.24. The van der Waals surface area contributed by atoms with Gasteiger partial charge in [0, 0.05) is 19.0 Å². The van der Waals surface area contributed by atoms with Gasteiger partial charge in [-0.15, -0.1) is 0 Å². The molecule has 0 radical (unpaired) electrons. The Hall–Kier alpha value is -1.28. The molecule has 18 heavy (non-hydrogen) atoms. The molecule has 1 rings (SSSR count). The van der Waals surface area contributed by atoms with E-state index in [9.17, 15) is 16.8 Å². The summed E-state index contributed by atoms with van der Waals surface area (Å²) in [4.78, 5) is 0. The quantitative estimate of drug-likeness (QED) is 0.775. The molecule has 1 aromatic rings. The number of hydrogen-bond donors (Lipinski definition) is 1. The molecule has 0 aliphatic carbocycles. The highest BCUT2D eigenvalue weighted by Gasteiger charge is 2.20. The molecule has 2 N–H and O–H groups in total. The number of anilines is 2. The molecule has 0 spiro atoms. The van der Waals surface area contributed by atoms with Crippen LogP contribution in [0.4, 0.5) is 11.4 Å². The van der Waals surface area contributed by atoms with Crippen LogP contribution in [0, 0.1) is 0 Å². The van der Waals surface area contributed by atoms with Crippen LogP contribution in [0.3, 0.4) is 0 Å². The van der Waals surface area contributed by atoms with Crippen LogP contribution in [0.25, 0.3) is 0 Å². The maximum Gasteiger partial charge on any atom is 0.235 e. The normalized spacial score (nSPS) is 12.3. The highest BCUT2D eigenvalue weighted by Crippen LogP contribution is 2.18. The Morgan fingerprint density at radius 3 is 2.00 bits per heavy atom. The number of nitrogen functional groups attached to an aromatic ring is 1. The predicted octanol–water partition coefficient (Wildman–Crippen LogP) is 0.0794. The molecule has 0 saturated carbocycles. The van der Waals surface area contributed by atoms with Gasteiger partial charge < -0.3 is 5.73 Å². The fourth-order valence-corrected chi connectivity index (χ4v) is 4.01. The van der Waals surface area contributed by atoms with Crippen LogP contribution < -0.4 is 10.0 Å². The van der Waals surface area contributed by atoms with Crippen LogP contribution >= 0.6 is 0 Å². The van der Waals surface area contributed by atoms with Crippen LogP contribution in [-0.4, -0.2) is 41.6 Å². The topological polar surface area (TPSA) is 97.5 Å². The number of sulfone groups is 1. The smallest absolute Gasteiger partial charge is 0.235 e. The van der Waals surface area contributed by atoms with Crippen molar-refractivity contribution in [1.29, 1.82) is 0 Å². The van der Waals surface area contributed by atoms with Crippen molar-refractivity contribution in [3.63, 3.8) is 0 Å². The van der Waals surface area contributed by atoms with E-state index < -0.39 is 31.4 Å². The van der Waals surface area contributed by atoms with Crippen LogP contribution in [0.5, 0.6) is 0 Å². The largest absolute Gasteiger partial charge is 0.399 e. The Kier molecular flexibility index (Phi) is 4.23. The molecule has 0 heterocycles. The summed E-state index contributed by atoms with van der Waals surface area (Å²) in [6, 6.07) is 6.29. The van der Waals surface area contributed by atoms with Gasteiger partial charge in [0.25, 0.3) is 0 Å². The van der Waals surface area contributed by atoms with E-state index in [2.05, 4.69) is 0 Å². The van der Waals surface area contributed by atoms with E-state index in [0.717, 1.165) is 10.6 Å². The molecule has 0 saturated heterocycles. The lowest BCUT2D eigenvalue weighted by Crippen LogP contribution is -2.31. The molecule has 0 amide bonds. The lowest BCUT2D eigenvalue weighted by Gasteiger charge is -2.19. The van der Waals surface area contributed by atoms with Crippen LogP contribution in [-0.2, 0) is 19.9 Å². The molecule has 0 bridgehead atoms. The summed E-state index contributed by atoms with van der Waals surface area (Å²) >= 11 is 0. The average molecular weight is 292 g/mol. The van der Waals surface area contributed by atoms with Gasteiger partial charge in [-0.3, -0.25) is 4.31 Å². The molecule has 6 nitrogen and oxygen atoms in total. The first-order chi connectivity index (χ1) is 8.12. The third-order valence-corrected chi connectivity index (χ3v) is 5.36. The second kappa shape index (κ2) is 5.15. The molecule has 0 aromatic heterocycles. The van der Waals surface area contributed by atoms with Gasteiger partial charge in [-0.05, 0) is 24.3 Å². The van der Waals surface area contributed by atoms with Crippen molar-refractivity contribution in [2.75, 3.05) is 34.8 Å². The third kappa shape index (κ3) is 4.19. The first kappa shape index (κ1) is 14.8. The van der Waals surface area contributed by atoms with Crippen molar-refractivity contribution in [3.8, 4) is 0 Å². The average Bonchev–Trinajstić information content (AvgIpc) is 2.26. The second-order valence-corrected chi connectivity index (χ2v) is 8.38. The van der Waals surface area contributed by atoms with E-state index in [0.29, 0.717) is 11.4 Å². The minimum atomic E-state index is -3.65. The van der Waals surface area contributed by atoms with Gasteiger partial charge in [-0.25, -0.2) is 16.8 Å². The lowest BCUT2D eigenvalue weighted by atomic mass is 10.3. The van der Waals surface area contributed by atoms with E-state index in [-0.39, 0.29) is 0 Å². The van der Waals surface area contributed by atoms with Crippen LogP contribution in [0.15, 0.2) is 24.3 Å². The first-order valence-electron chi connectivity index (χ1n) is 5.12. The number of benzene rings is 1. The van der Waals surface area contributed by atoms with Gasteiger partial charge in [-0.2, -0.15) is 0 Å². The van der Waals surface area contributed by atoms with Crippen molar-refractivity contribution >= 4 is 31.2 Å². The van der Waals surface area contributed by atoms with Crippen molar-refractivity contribution in [3.05, 3.63) is 24.3 Å². The van der Waals surface area contributed by atoms with Crippen molar-refractivity contribution < 1.29 is 16.8 Å². The van der Waals surface area contributed by atoms with E-state index in [1.807, 2.05) is 0 Å².